The number of benzene rings is 1. The van der Waals surface area contributed by atoms with E-state index in [2.05, 4.69) is 4.98 Å². The van der Waals surface area contributed by atoms with Crippen molar-refractivity contribution in [1.29, 1.82) is 0 Å². The second kappa shape index (κ2) is 5.30. The summed E-state index contributed by atoms with van der Waals surface area (Å²) in [7, 11) is -3.34. The van der Waals surface area contributed by atoms with Gasteiger partial charge in [0.15, 0.2) is 0 Å². The smallest absolute Gasteiger partial charge is 0.264 e. The Bertz CT molecular complexity index is 648. The molecular formula is C12H14ClNO3S. The predicted molar refractivity (Wildman–Crippen MR) is 72.4 cm³/mol. The van der Waals surface area contributed by atoms with Crippen molar-refractivity contribution in [3.63, 3.8) is 0 Å². The van der Waals surface area contributed by atoms with Gasteiger partial charge in [0.1, 0.15) is 0 Å². The van der Waals surface area contributed by atoms with Crippen molar-refractivity contribution in [3.8, 4) is 0 Å². The van der Waals surface area contributed by atoms with Crippen LogP contribution in [0.4, 0.5) is 0 Å². The van der Waals surface area contributed by atoms with Crippen LogP contribution < -0.4 is 0 Å². The number of H-pyrrole nitrogens is 1. The first-order valence-electron chi connectivity index (χ1n) is 5.55. The maximum absolute atomic E-state index is 10.8. The third kappa shape index (κ3) is 3.48. The molecule has 2 aromatic rings. The summed E-state index contributed by atoms with van der Waals surface area (Å²) in [6, 6.07) is 5.67. The van der Waals surface area contributed by atoms with Gasteiger partial charge in [0.25, 0.3) is 10.1 Å². The SMILES string of the molecule is CS(=O)(=O)OCCCc1c[nH]c2cc(Cl)ccc12. The van der Waals surface area contributed by atoms with Crippen LogP contribution in [0.1, 0.15) is 12.0 Å². The zero-order chi connectivity index (χ0) is 13.2. The van der Waals surface area contributed by atoms with Crippen molar-refractivity contribution in [3.05, 3.63) is 35.0 Å². The van der Waals surface area contributed by atoms with Crippen LogP contribution in [-0.4, -0.2) is 26.3 Å². The lowest BCUT2D eigenvalue weighted by molar-refractivity contribution is 0.316. The van der Waals surface area contributed by atoms with Gasteiger partial charge in [-0.15, -0.1) is 0 Å². The molecule has 0 aliphatic rings. The molecule has 2 rings (SSSR count). The number of rotatable bonds is 5. The van der Waals surface area contributed by atoms with Crippen LogP contribution in [0, 0.1) is 0 Å². The molecule has 0 bridgehead atoms. The number of hydrogen-bond donors (Lipinski definition) is 1. The summed E-state index contributed by atoms with van der Waals surface area (Å²) in [6.07, 6.45) is 4.39. The second-order valence-corrected chi connectivity index (χ2v) is 6.21. The maximum atomic E-state index is 10.8. The molecule has 0 spiro atoms. The first-order chi connectivity index (χ1) is 8.46. The number of aromatic amines is 1. The highest BCUT2D eigenvalue weighted by atomic mass is 35.5. The number of halogens is 1. The molecule has 1 aromatic heterocycles. The Labute approximate surface area is 111 Å². The lowest BCUT2D eigenvalue weighted by Gasteiger charge is -2.01. The van der Waals surface area contributed by atoms with Gasteiger partial charge in [-0.25, -0.2) is 0 Å². The molecule has 98 valence electrons. The molecule has 4 nitrogen and oxygen atoms in total. The fraction of sp³-hybridized carbons (Fsp3) is 0.333. The van der Waals surface area contributed by atoms with E-state index in [4.69, 9.17) is 15.8 Å². The number of aryl methyl sites for hydroxylation is 1. The average molecular weight is 288 g/mol. The van der Waals surface area contributed by atoms with Crippen LogP contribution in [0.15, 0.2) is 24.4 Å². The van der Waals surface area contributed by atoms with Gasteiger partial charge in [-0.2, -0.15) is 8.42 Å². The predicted octanol–water partition coefficient (Wildman–Crippen LogP) is 2.73. The van der Waals surface area contributed by atoms with Gasteiger partial charge >= 0.3 is 0 Å². The topological polar surface area (TPSA) is 59.2 Å². The number of hydrogen-bond acceptors (Lipinski definition) is 3. The fourth-order valence-electron chi connectivity index (χ4n) is 1.84. The summed E-state index contributed by atoms with van der Waals surface area (Å²) in [6.45, 7) is 0.207. The summed E-state index contributed by atoms with van der Waals surface area (Å²) in [4.78, 5) is 3.14. The normalized spacial score (nSPS) is 12.1. The highest BCUT2D eigenvalue weighted by Gasteiger charge is 2.05. The Kier molecular flexibility index (Phi) is 3.94. The van der Waals surface area contributed by atoms with Crippen molar-refractivity contribution >= 4 is 32.6 Å². The van der Waals surface area contributed by atoms with Gasteiger partial charge in [0.05, 0.1) is 12.9 Å². The maximum Gasteiger partial charge on any atom is 0.264 e. The van der Waals surface area contributed by atoms with Gasteiger partial charge in [0, 0.05) is 22.1 Å². The third-order valence-corrected chi connectivity index (χ3v) is 3.45. The van der Waals surface area contributed by atoms with Gasteiger partial charge in [-0.3, -0.25) is 4.18 Å². The summed E-state index contributed by atoms with van der Waals surface area (Å²) in [5.41, 5.74) is 2.13. The van der Waals surface area contributed by atoms with E-state index in [1.54, 1.807) is 0 Å². The van der Waals surface area contributed by atoms with Crippen LogP contribution in [0.25, 0.3) is 10.9 Å². The molecule has 0 aliphatic carbocycles. The largest absolute Gasteiger partial charge is 0.361 e. The molecule has 0 atom stereocenters. The highest BCUT2D eigenvalue weighted by Crippen LogP contribution is 2.22. The van der Waals surface area contributed by atoms with Crippen molar-refractivity contribution < 1.29 is 12.6 Å². The minimum absolute atomic E-state index is 0.207. The molecule has 0 fully saturated rings. The lowest BCUT2D eigenvalue weighted by atomic mass is 10.1. The van der Waals surface area contributed by atoms with Crippen LogP contribution in [0.3, 0.4) is 0 Å². The first kappa shape index (κ1) is 13.4. The minimum atomic E-state index is -3.34. The quantitative estimate of drug-likeness (QED) is 0.679. The number of nitrogens with one attached hydrogen (secondary N) is 1. The minimum Gasteiger partial charge on any atom is -0.361 e. The van der Waals surface area contributed by atoms with Crippen LogP contribution in [-0.2, 0) is 20.7 Å². The monoisotopic (exact) mass is 287 g/mol. The van der Waals surface area contributed by atoms with E-state index in [0.717, 1.165) is 29.1 Å². The van der Waals surface area contributed by atoms with E-state index in [0.29, 0.717) is 11.4 Å². The standard InChI is InChI=1S/C12H14ClNO3S/c1-18(15,16)17-6-2-3-9-8-14-12-7-10(13)4-5-11(9)12/h4-5,7-8,14H,2-3,6H2,1H3. The Morgan fingerprint density at radius 3 is 2.89 bits per heavy atom. The molecule has 1 N–H and O–H groups in total. The van der Waals surface area contributed by atoms with Crippen LogP contribution >= 0.6 is 11.6 Å². The zero-order valence-electron chi connectivity index (χ0n) is 9.94. The summed E-state index contributed by atoms with van der Waals surface area (Å²) >= 11 is 5.90. The molecule has 0 radical (unpaired) electrons. The Balaban J connectivity index is 2.00. The fourth-order valence-corrected chi connectivity index (χ4v) is 2.43. The van der Waals surface area contributed by atoms with Gasteiger partial charge in [-0.05, 0) is 30.5 Å². The Morgan fingerprint density at radius 2 is 2.17 bits per heavy atom. The van der Waals surface area contributed by atoms with Crippen molar-refractivity contribution in [1.82, 2.24) is 4.98 Å². The average Bonchev–Trinajstić information content (AvgIpc) is 2.65. The van der Waals surface area contributed by atoms with Gasteiger partial charge in [0.2, 0.25) is 0 Å². The van der Waals surface area contributed by atoms with Crippen molar-refractivity contribution in [2.24, 2.45) is 0 Å². The third-order valence-electron chi connectivity index (χ3n) is 2.62. The zero-order valence-corrected chi connectivity index (χ0v) is 11.5. The van der Waals surface area contributed by atoms with Gasteiger partial charge in [-0.1, -0.05) is 17.7 Å². The van der Waals surface area contributed by atoms with Crippen molar-refractivity contribution in [2.75, 3.05) is 12.9 Å². The summed E-state index contributed by atoms with van der Waals surface area (Å²) in [5.74, 6) is 0. The van der Waals surface area contributed by atoms with E-state index < -0.39 is 10.1 Å². The molecule has 18 heavy (non-hydrogen) atoms. The molecule has 1 heterocycles. The van der Waals surface area contributed by atoms with E-state index in [9.17, 15) is 8.42 Å². The molecule has 0 amide bonds. The van der Waals surface area contributed by atoms with E-state index in [1.807, 2.05) is 24.4 Å². The van der Waals surface area contributed by atoms with E-state index in [1.165, 1.54) is 0 Å². The first-order valence-corrected chi connectivity index (χ1v) is 7.75. The highest BCUT2D eigenvalue weighted by molar-refractivity contribution is 7.85. The Morgan fingerprint density at radius 1 is 1.39 bits per heavy atom. The number of fused-ring (bicyclic) bond motifs is 1. The molecule has 0 unspecified atom stereocenters. The molecule has 1 aromatic carbocycles. The molecule has 6 heteroatoms. The summed E-state index contributed by atoms with van der Waals surface area (Å²) < 4.78 is 26.3. The summed E-state index contributed by atoms with van der Waals surface area (Å²) in [5, 5.41) is 1.80. The van der Waals surface area contributed by atoms with Crippen LogP contribution in [0.2, 0.25) is 5.02 Å². The van der Waals surface area contributed by atoms with E-state index >= 15 is 0 Å². The second-order valence-electron chi connectivity index (χ2n) is 4.13. The molecule has 0 saturated carbocycles. The lowest BCUT2D eigenvalue weighted by Crippen LogP contribution is -2.04. The van der Waals surface area contributed by atoms with Crippen LogP contribution in [0.5, 0.6) is 0 Å². The van der Waals surface area contributed by atoms with Crippen molar-refractivity contribution in [2.45, 2.75) is 12.8 Å². The number of aromatic nitrogens is 1. The molecular weight excluding hydrogens is 274 g/mol. The van der Waals surface area contributed by atoms with E-state index in [-0.39, 0.29) is 6.61 Å². The van der Waals surface area contributed by atoms with Gasteiger partial charge < -0.3 is 4.98 Å². The Hall–Kier alpha value is -1.04. The molecule has 0 saturated heterocycles. The molecule has 0 aliphatic heterocycles.